The monoisotopic (exact) mass is 358 g/mol. The van der Waals surface area contributed by atoms with E-state index in [4.69, 9.17) is 13.4 Å². The highest BCUT2D eigenvalue weighted by atomic mass is 16.5. The lowest BCUT2D eigenvalue weighted by molar-refractivity contribution is 0.0924. The van der Waals surface area contributed by atoms with Gasteiger partial charge in [0.1, 0.15) is 16.9 Å². The first-order chi connectivity index (χ1) is 13.3. The van der Waals surface area contributed by atoms with E-state index in [1.807, 2.05) is 54.6 Å². The van der Waals surface area contributed by atoms with E-state index in [0.29, 0.717) is 22.8 Å². The summed E-state index contributed by atoms with van der Waals surface area (Å²) in [7, 11) is 0. The molecule has 0 atom stereocenters. The summed E-state index contributed by atoms with van der Waals surface area (Å²) in [6, 6.07) is 20.6. The highest BCUT2D eigenvalue weighted by Crippen LogP contribution is 2.28. The Labute approximate surface area is 153 Å². The van der Waals surface area contributed by atoms with Crippen LogP contribution < -0.4 is 5.32 Å². The maximum atomic E-state index is 12.3. The minimum atomic E-state index is -0.306. The molecule has 2 aromatic carbocycles. The summed E-state index contributed by atoms with van der Waals surface area (Å²) in [4.78, 5) is 12.3. The Morgan fingerprint density at radius 1 is 0.852 bits per heavy atom. The second kappa shape index (κ2) is 6.17. The summed E-state index contributed by atoms with van der Waals surface area (Å²) >= 11 is 0. The van der Waals surface area contributed by atoms with Crippen LogP contribution in [0, 0.1) is 0 Å². The van der Waals surface area contributed by atoms with Gasteiger partial charge in [-0.2, -0.15) is 0 Å². The van der Waals surface area contributed by atoms with Crippen molar-refractivity contribution in [2.75, 3.05) is 0 Å². The second-order valence-corrected chi connectivity index (χ2v) is 6.16. The van der Waals surface area contributed by atoms with E-state index in [0.717, 1.165) is 16.4 Å². The Bertz CT molecular complexity index is 1200. The third-order valence-electron chi connectivity index (χ3n) is 4.31. The largest absolute Gasteiger partial charge is 0.453 e. The van der Waals surface area contributed by atoms with E-state index in [1.54, 1.807) is 12.1 Å². The zero-order valence-corrected chi connectivity index (χ0v) is 14.1. The molecular formula is C21H14N2O4. The molecular weight excluding hydrogens is 344 g/mol. The summed E-state index contributed by atoms with van der Waals surface area (Å²) in [5.41, 5.74) is 2.05. The number of amides is 1. The molecule has 0 spiro atoms. The van der Waals surface area contributed by atoms with E-state index >= 15 is 0 Å². The van der Waals surface area contributed by atoms with Crippen molar-refractivity contribution in [1.82, 2.24) is 10.5 Å². The van der Waals surface area contributed by atoms with Gasteiger partial charge in [0.05, 0.1) is 6.54 Å². The molecule has 3 aromatic heterocycles. The number of benzene rings is 2. The molecule has 1 N–H and O–H groups in total. The Morgan fingerprint density at radius 2 is 1.56 bits per heavy atom. The molecule has 0 radical (unpaired) electrons. The molecule has 0 saturated heterocycles. The molecule has 0 saturated carbocycles. The molecule has 0 aliphatic rings. The van der Waals surface area contributed by atoms with Crippen LogP contribution in [0.25, 0.3) is 33.5 Å². The Balaban J connectivity index is 1.31. The molecule has 0 aliphatic carbocycles. The fourth-order valence-electron chi connectivity index (χ4n) is 2.97. The number of aromatic nitrogens is 1. The number of hydrogen-bond acceptors (Lipinski definition) is 5. The predicted molar refractivity (Wildman–Crippen MR) is 99.1 cm³/mol. The lowest BCUT2D eigenvalue weighted by Crippen LogP contribution is -2.22. The van der Waals surface area contributed by atoms with Gasteiger partial charge >= 0.3 is 0 Å². The third kappa shape index (κ3) is 2.87. The Morgan fingerprint density at radius 3 is 2.30 bits per heavy atom. The SMILES string of the molecule is O=C(NCc1cc(-c2cc3ccccc3o2)on1)c1cc2ccccc2o1. The van der Waals surface area contributed by atoms with Crippen LogP contribution in [-0.4, -0.2) is 11.1 Å². The van der Waals surface area contributed by atoms with Crippen molar-refractivity contribution in [2.45, 2.75) is 6.54 Å². The number of nitrogens with zero attached hydrogens (tertiary/aromatic N) is 1. The first-order valence-corrected chi connectivity index (χ1v) is 8.47. The van der Waals surface area contributed by atoms with Crippen molar-refractivity contribution in [3.63, 3.8) is 0 Å². The van der Waals surface area contributed by atoms with Gasteiger partial charge in [-0.15, -0.1) is 0 Å². The minimum absolute atomic E-state index is 0.222. The van der Waals surface area contributed by atoms with Gasteiger partial charge in [-0.1, -0.05) is 41.6 Å². The van der Waals surface area contributed by atoms with Crippen LogP contribution in [-0.2, 0) is 6.54 Å². The van der Waals surface area contributed by atoms with Gasteiger partial charge < -0.3 is 18.7 Å². The molecule has 0 unspecified atom stereocenters. The van der Waals surface area contributed by atoms with Crippen molar-refractivity contribution in [3.05, 3.63) is 78.2 Å². The maximum absolute atomic E-state index is 12.3. The molecule has 5 rings (SSSR count). The molecule has 132 valence electrons. The maximum Gasteiger partial charge on any atom is 0.287 e. The average Bonchev–Trinajstić information content (AvgIpc) is 3.42. The molecule has 6 heteroatoms. The topological polar surface area (TPSA) is 81.4 Å². The van der Waals surface area contributed by atoms with Crippen LogP contribution in [0.5, 0.6) is 0 Å². The summed E-state index contributed by atoms with van der Waals surface area (Å²) in [6.07, 6.45) is 0. The van der Waals surface area contributed by atoms with E-state index < -0.39 is 0 Å². The van der Waals surface area contributed by atoms with Crippen LogP contribution >= 0.6 is 0 Å². The molecule has 6 nitrogen and oxygen atoms in total. The number of nitrogens with one attached hydrogen (secondary N) is 1. The third-order valence-corrected chi connectivity index (χ3v) is 4.31. The molecule has 1 amide bonds. The summed E-state index contributed by atoms with van der Waals surface area (Å²) in [6.45, 7) is 0.222. The summed E-state index contributed by atoms with van der Waals surface area (Å²) < 4.78 is 16.7. The normalized spacial score (nSPS) is 11.3. The average molecular weight is 358 g/mol. The highest BCUT2D eigenvalue weighted by Gasteiger charge is 2.15. The number of para-hydroxylation sites is 2. The molecule has 5 aromatic rings. The van der Waals surface area contributed by atoms with Crippen LogP contribution in [0.4, 0.5) is 0 Å². The van der Waals surface area contributed by atoms with E-state index in [2.05, 4.69) is 10.5 Å². The van der Waals surface area contributed by atoms with E-state index in [1.165, 1.54) is 0 Å². The second-order valence-electron chi connectivity index (χ2n) is 6.16. The first-order valence-electron chi connectivity index (χ1n) is 8.47. The van der Waals surface area contributed by atoms with Crippen LogP contribution in [0.2, 0.25) is 0 Å². The standard InChI is InChI=1S/C21H14N2O4/c24-21(20-10-14-6-2-4-8-17(14)26-20)22-12-15-11-19(27-23-15)18-9-13-5-1-3-7-16(13)25-18/h1-11H,12H2,(H,22,24). The number of carbonyl (C=O) groups excluding carboxylic acids is 1. The zero-order chi connectivity index (χ0) is 18.2. The van der Waals surface area contributed by atoms with Gasteiger partial charge in [-0.3, -0.25) is 4.79 Å². The summed E-state index contributed by atoms with van der Waals surface area (Å²) in [5, 5.41) is 8.65. The van der Waals surface area contributed by atoms with Gasteiger partial charge in [-0.05, 0) is 24.3 Å². The smallest absolute Gasteiger partial charge is 0.287 e. The Kier molecular flexibility index (Phi) is 3.53. The Hall–Kier alpha value is -3.80. The van der Waals surface area contributed by atoms with Crippen molar-refractivity contribution in [3.8, 4) is 11.5 Å². The van der Waals surface area contributed by atoms with Gasteiger partial charge in [0, 0.05) is 16.8 Å². The van der Waals surface area contributed by atoms with Gasteiger partial charge in [0.15, 0.2) is 11.5 Å². The van der Waals surface area contributed by atoms with Crippen molar-refractivity contribution in [1.29, 1.82) is 0 Å². The molecule has 0 bridgehead atoms. The molecule has 27 heavy (non-hydrogen) atoms. The van der Waals surface area contributed by atoms with Crippen LogP contribution in [0.1, 0.15) is 16.2 Å². The van der Waals surface area contributed by atoms with Crippen LogP contribution in [0.15, 0.2) is 80.1 Å². The lowest BCUT2D eigenvalue weighted by Gasteiger charge is -1.98. The number of furan rings is 2. The first kappa shape index (κ1) is 15.5. The fourth-order valence-corrected chi connectivity index (χ4v) is 2.97. The number of carbonyl (C=O) groups is 1. The molecule has 0 aliphatic heterocycles. The van der Waals surface area contributed by atoms with Crippen molar-refractivity contribution >= 4 is 27.8 Å². The number of fused-ring (bicyclic) bond motifs is 2. The van der Waals surface area contributed by atoms with E-state index in [9.17, 15) is 4.79 Å². The molecule has 0 fully saturated rings. The minimum Gasteiger partial charge on any atom is -0.453 e. The number of rotatable bonds is 4. The van der Waals surface area contributed by atoms with Gasteiger partial charge in [0.2, 0.25) is 5.76 Å². The van der Waals surface area contributed by atoms with Gasteiger partial charge in [0.25, 0.3) is 5.91 Å². The summed E-state index contributed by atoms with van der Waals surface area (Å²) in [5.74, 6) is 1.06. The number of hydrogen-bond donors (Lipinski definition) is 1. The van der Waals surface area contributed by atoms with Crippen LogP contribution in [0.3, 0.4) is 0 Å². The van der Waals surface area contributed by atoms with Gasteiger partial charge in [-0.25, -0.2) is 0 Å². The highest BCUT2D eigenvalue weighted by molar-refractivity contribution is 5.96. The van der Waals surface area contributed by atoms with Crippen molar-refractivity contribution < 1.29 is 18.2 Å². The quantitative estimate of drug-likeness (QED) is 0.501. The lowest BCUT2D eigenvalue weighted by atomic mass is 10.2. The zero-order valence-electron chi connectivity index (χ0n) is 14.1. The fraction of sp³-hybridized carbons (Fsp3) is 0.0476. The molecule has 3 heterocycles. The predicted octanol–water partition coefficient (Wildman–Crippen LogP) is 4.76. The van der Waals surface area contributed by atoms with Crippen molar-refractivity contribution in [2.24, 2.45) is 0 Å². The van der Waals surface area contributed by atoms with E-state index in [-0.39, 0.29) is 18.2 Å².